The maximum Gasteiger partial charge on any atom is 0.277 e. The van der Waals surface area contributed by atoms with Crippen LogP contribution >= 0.6 is 0 Å². The van der Waals surface area contributed by atoms with Crippen LogP contribution in [0.1, 0.15) is 11.1 Å². The average Bonchev–Trinajstić information content (AvgIpc) is 2.74. The van der Waals surface area contributed by atoms with Crippen LogP contribution in [0.3, 0.4) is 0 Å². The quantitative estimate of drug-likeness (QED) is 0.350. The van der Waals surface area contributed by atoms with E-state index in [0.29, 0.717) is 17.0 Å². The Kier molecular flexibility index (Phi) is 6.67. The van der Waals surface area contributed by atoms with Crippen molar-refractivity contribution in [2.24, 2.45) is 15.3 Å². The van der Waals surface area contributed by atoms with Gasteiger partial charge in [0.2, 0.25) is 0 Å². The van der Waals surface area contributed by atoms with E-state index in [1.807, 2.05) is 55.5 Å². The predicted molar refractivity (Wildman–Crippen MR) is 111 cm³/mol. The Balaban J connectivity index is 1.57. The number of hydrazone groups is 1. The second-order valence-electron chi connectivity index (χ2n) is 6.13. The van der Waals surface area contributed by atoms with Gasteiger partial charge in [0.1, 0.15) is 11.5 Å². The van der Waals surface area contributed by atoms with E-state index in [1.165, 1.54) is 12.3 Å². The molecule has 0 saturated heterocycles. The highest BCUT2D eigenvalue weighted by atomic mass is 16.5. The third kappa shape index (κ3) is 6.00. The number of phenols is 1. The number of nitrogens with one attached hydrogen (secondary N) is 1. The van der Waals surface area contributed by atoms with Gasteiger partial charge in [-0.1, -0.05) is 36.4 Å². The Morgan fingerprint density at radius 1 is 1.00 bits per heavy atom. The second kappa shape index (κ2) is 9.80. The van der Waals surface area contributed by atoms with Gasteiger partial charge >= 0.3 is 0 Å². The molecule has 0 atom stereocenters. The summed E-state index contributed by atoms with van der Waals surface area (Å²) in [6.07, 6.45) is 1.34. The van der Waals surface area contributed by atoms with Crippen LogP contribution < -0.4 is 10.2 Å². The summed E-state index contributed by atoms with van der Waals surface area (Å²) >= 11 is 0. The van der Waals surface area contributed by atoms with E-state index >= 15 is 0 Å². The van der Waals surface area contributed by atoms with Gasteiger partial charge in [-0.25, -0.2) is 5.43 Å². The summed E-state index contributed by atoms with van der Waals surface area (Å²) in [4.78, 5) is 11.9. The zero-order valence-electron chi connectivity index (χ0n) is 15.8. The van der Waals surface area contributed by atoms with Crippen molar-refractivity contribution in [2.75, 3.05) is 6.61 Å². The Morgan fingerprint density at radius 2 is 1.72 bits per heavy atom. The lowest BCUT2D eigenvalue weighted by Gasteiger charge is -2.07. The fraction of sp³-hybridized carbons (Fsp3) is 0.0909. The number of aromatic hydroxyl groups is 1. The van der Waals surface area contributed by atoms with Crippen LogP contribution in [-0.2, 0) is 4.79 Å². The predicted octanol–water partition coefficient (Wildman–Crippen LogP) is 4.65. The Hall–Kier alpha value is -4.00. The molecule has 0 unspecified atom stereocenters. The standard InChI is InChI=1S/C22H20N4O3/c1-16-7-5-6-10-21(16)29-15-22(28)26-23-14-17-13-19(11-12-20(17)27)25-24-18-8-3-2-4-9-18/h2-14,27H,15H2,1H3,(H,26,28)/b23-14-,25-24?. The molecule has 7 heteroatoms. The minimum absolute atomic E-state index is 0.0119. The van der Waals surface area contributed by atoms with Gasteiger partial charge in [0, 0.05) is 5.56 Å². The number of ether oxygens (including phenoxy) is 1. The fourth-order valence-electron chi connectivity index (χ4n) is 2.39. The molecular formula is C22H20N4O3. The second-order valence-corrected chi connectivity index (χ2v) is 6.13. The summed E-state index contributed by atoms with van der Waals surface area (Å²) in [5, 5.41) is 22.1. The number of benzene rings is 3. The van der Waals surface area contributed by atoms with E-state index in [2.05, 4.69) is 20.8 Å². The Morgan fingerprint density at radius 3 is 2.52 bits per heavy atom. The van der Waals surface area contributed by atoms with Crippen molar-refractivity contribution in [3.8, 4) is 11.5 Å². The number of hydrogen-bond acceptors (Lipinski definition) is 6. The van der Waals surface area contributed by atoms with Crippen molar-refractivity contribution in [2.45, 2.75) is 6.92 Å². The number of amides is 1. The van der Waals surface area contributed by atoms with E-state index in [-0.39, 0.29) is 12.4 Å². The molecule has 0 aromatic heterocycles. The number of carbonyl (C=O) groups excluding carboxylic acids is 1. The molecule has 0 aliphatic heterocycles. The van der Waals surface area contributed by atoms with E-state index in [4.69, 9.17) is 4.74 Å². The van der Waals surface area contributed by atoms with E-state index < -0.39 is 5.91 Å². The van der Waals surface area contributed by atoms with Crippen LogP contribution in [0.4, 0.5) is 11.4 Å². The molecule has 0 heterocycles. The Bertz CT molecular complexity index is 1030. The lowest BCUT2D eigenvalue weighted by molar-refractivity contribution is -0.123. The summed E-state index contributed by atoms with van der Waals surface area (Å²) in [6.45, 7) is 1.73. The van der Waals surface area contributed by atoms with Crippen LogP contribution in [0.15, 0.2) is 88.1 Å². The third-order valence-corrected chi connectivity index (χ3v) is 3.89. The topological polar surface area (TPSA) is 95.6 Å². The highest BCUT2D eigenvalue weighted by Gasteiger charge is 2.04. The SMILES string of the molecule is Cc1ccccc1OCC(=O)N/N=C\c1cc(N=Nc2ccccc2)ccc1O. The molecule has 3 rings (SSSR count). The van der Waals surface area contributed by atoms with Gasteiger partial charge in [0.05, 0.1) is 17.6 Å². The summed E-state index contributed by atoms with van der Waals surface area (Å²) in [5.74, 6) is 0.238. The zero-order valence-corrected chi connectivity index (χ0v) is 15.8. The minimum atomic E-state index is -0.413. The van der Waals surface area contributed by atoms with Gasteiger partial charge in [-0.15, -0.1) is 0 Å². The van der Waals surface area contributed by atoms with Crippen molar-refractivity contribution in [3.63, 3.8) is 0 Å². The maximum atomic E-state index is 11.9. The van der Waals surface area contributed by atoms with Crippen molar-refractivity contribution < 1.29 is 14.6 Å². The molecule has 0 fully saturated rings. The number of phenolic OH excluding ortho intramolecular Hbond substituents is 1. The lowest BCUT2D eigenvalue weighted by atomic mass is 10.2. The smallest absolute Gasteiger partial charge is 0.277 e. The van der Waals surface area contributed by atoms with Crippen LogP contribution in [-0.4, -0.2) is 23.8 Å². The molecule has 3 aromatic rings. The van der Waals surface area contributed by atoms with Gasteiger partial charge < -0.3 is 9.84 Å². The summed E-state index contributed by atoms with van der Waals surface area (Å²) in [6, 6.07) is 21.5. The zero-order chi connectivity index (χ0) is 20.5. The van der Waals surface area contributed by atoms with Gasteiger partial charge in [-0.2, -0.15) is 15.3 Å². The van der Waals surface area contributed by atoms with Gasteiger partial charge in [-0.3, -0.25) is 4.79 Å². The number of azo groups is 1. The number of aryl methyl sites for hydroxylation is 1. The first-order chi connectivity index (χ1) is 14.1. The summed E-state index contributed by atoms with van der Waals surface area (Å²) in [5.41, 5.74) is 4.97. The maximum absolute atomic E-state index is 11.9. The van der Waals surface area contributed by atoms with Gasteiger partial charge in [0.25, 0.3) is 5.91 Å². The van der Waals surface area contributed by atoms with E-state index in [9.17, 15) is 9.90 Å². The first kappa shape index (κ1) is 19.8. The molecule has 0 bridgehead atoms. The molecule has 0 aliphatic carbocycles. The first-order valence-electron chi connectivity index (χ1n) is 8.92. The Labute approximate surface area is 168 Å². The fourth-order valence-corrected chi connectivity index (χ4v) is 2.39. The van der Waals surface area contributed by atoms with Crippen LogP contribution in [0, 0.1) is 6.92 Å². The molecule has 2 N–H and O–H groups in total. The number of nitrogens with zero attached hydrogens (tertiary/aromatic N) is 3. The van der Waals surface area contributed by atoms with Crippen molar-refractivity contribution in [1.29, 1.82) is 0 Å². The lowest BCUT2D eigenvalue weighted by Crippen LogP contribution is -2.24. The van der Waals surface area contributed by atoms with Crippen LogP contribution in [0.2, 0.25) is 0 Å². The average molecular weight is 388 g/mol. The molecule has 29 heavy (non-hydrogen) atoms. The molecule has 0 radical (unpaired) electrons. The monoisotopic (exact) mass is 388 g/mol. The summed E-state index contributed by atoms with van der Waals surface area (Å²) < 4.78 is 5.46. The van der Waals surface area contributed by atoms with Gasteiger partial charge in [-0.05, 0) is 48.9 Å². The normalized spacial score (nSPS) is 11.1. The van der Waals surface area contributed by atoms with Crippen molar-refractivity contribution >= 4 is 23.5 Å². The highest BCUT2D eigenvalue weighted by Crippen LogP contribution is 2.24. The molecule has 0 saturated carbocycles. The van der Waals surface area contributed by atoms with Gasteiger partial charge in [0.15, 0.2) is 6.61 Å². The molecule has 7 nitrogen and oxygen atoms in total. The molecule has 146 valence electrons. The number of rotatable bonds is 7. The molecule has 0 aliphatic rings. The number of para-hydroxylation sites is 1. The number of hydrogen-bond donors (Lipinski definition) is 2. The third-order valence-electron chi connectivity index (χ3n) is 3.89. The largest absolute Gasteiger partial charge is 0.507 e. The van der Waals surface area contributed by atoms with Crippen molar-refractivity contribution in [3.05, 3.63) is 83.9 Å². The van der Waals surface area contributed by atoms with E-state index in [0.717, 1.165) is 11.3 Å². The molecule has 1 amide bonds. The molecule has 0 spiro atoms. The van der Waals surface area contributed by atoms with E-state index in [1.54, 1.807) is 18.2 Å². The minimum Gasteiger partial charge on any atom is -0.507 e. The van der Waals surface area contributed by atoms with Crippen LogP contribution in [0.25, 0.3) is 0 Å². The number of carbonyl (C=O) groups is 1. The van der Waals surface area contributed by atoms with Crippen LogP contribution in [0.5, 0.6) is 11.5 Å². The summed E-state index contributed by atoms with van der Waals surface area (Å²) in [7, 11) is 0. The van der Waals surface area contributed by atoms with Crippen molar-refractivity contribution in [1.82, 2.24) is 5.43 Å². The first-order valence-corrected chi connectivity index (χ1v) is 8.92. The molecule has 3 aromatic carbocycles. The highest BCUT2D eigenvalue weighted by molar-refractivity contribution is 5.86. The molecular weight excluding hydrogens is 368 g/mol.